The summed E-state index contributed by atoms with van der Waals surface area (Å²) in [6.07, 6.45) is 3.36. The predicted octanol–water partition coefficient (Wildman–Crippen LogP) is 1.88. The van der Waals surface area contributed by atoms with Gasteiger partial charge in [0.2, 0.25) is 0 Å². The smallest absolute Gasteiger partial charge is 0.410 e. The van der Waals surface area contributed by atoms with E-state index in [1.54, 1.807) is 4.90 Å². The third-order valence-corrected chi connectivity index (χ3v) is 4.64. The largest absolute Gasteiger partial charge is 0.444 e. The average Bonchev–Trinajstić information content (AvgIpc) is 2.54. The molecule has 0 aromatic carbocycles. The average molecular weight is 373 g/mol. The van der Waals surface area contributed by atoms with E-state index in [0.717, 1.165) is 71.6 Å². The summed E-state index contributed by atoms with van der Waals surface area (Å²) >= 11 is 0. The van der Waals surface area contributed by atoms with Gasteiger partial charge in [0.25, 0.3) is 0 Å². The van der Waals surface area contributed by atoms with Crippen molar-refractivity contribution in [3.8, 4) is 0 Å². The summed E-state index contributed by atoms with van der Waals surface area (Å²) in [7, 11) is 0. The molecule has 2 aliphatic rings. The highest BCUT2D eigenvalue weighted by Crippen LogP contribution is 2.22. The van der Waals surface area contributed by atoms with Gasteiger partial charge in [0.1, 0.15) is 5.60 Å². The molecule has 1 saturated carbocycles. The van der Waals surface area contributed by atoms with E-state index in [-0.39, 0.29) is 18.3 Å². The molecule has 1 aliphatic heterocycles. The van der Waals surface area contributed by atoms with Gasteiger partial charge in [-0.3, -0.25) is 4.90 Å². The number of piperazine rings is 1. The third kappa shape index (κ3) is 8.20. The molecule has 2 rings (SSSR count). The molecular weight excluding hydrogens is 336 g/mol. The van der Waals surface area contributed by atoms with Crippen LogP contribution in [0.1, 0.15) is 46.5 Å². The molecule has 0 bridgehead atoms. The molecule has 1 heterocycles. The molecule has 7 nitrogen and oxygen atoms in total. The zero-order chi connectivity index (χ0) is 19.0. The summed E-state index contributed by atoms with van der Waals surface area (Å²) in [6, 6.07) is 0. The topological polar surface area (TPSA) is 71.5 Å². The Morgan fingerprint density at radius 2 is 1.69 bits per heavy atom. The van der Waals surface area contributed by atoms with Crippen LogP contribution >= 0.6 is 0 Å². The maximum absolute atomic E-state index is 12.0. The molecule has 0 unspecified atom stereocenters. The van der Waals surface area contributed by atoms with Crippen LogP contribution in [0.15, 0.2) is 0 Å². The van der Waals surface area contributed by atoms with Gasteiger partial charge in [-0.05, 0) is 46.5 Å². The van der Waals surface area contributed by atoms with Crippen LogP contribution in [0.2, 0.25) is 0 Å². The van der Waals surface area contributed by atoms with E-state index in [2.05, 4.69) is 4.90 Å². The second kappa shape index (κ2) is 10.4. The number of aliphatic hydroxyl groups is 1. The fraction of sp³-hybridized carbons (Fsp3) is 0.947. The number of ether oxygens (including phenoxy) is 3. The van der Waals surface area contributed by atoms with Gasteiger partial charge in [0.05, 0.1) is 12.2 Å². The second-order valence-corrected chi connectivity index (χ2v) is 8.25. The zero-order valence-electron chi connectivity index (χ0n) is 16.6. The van der Waals surface area contributed by atoms with Crippen molar-refractivity contribution in [1.82, 2.24) is 9.80 Å². The van der Waals surface area contributed by atoms with Gasteiger partial charge in [-0.1, -0.05) is 0 Å². The molecule has 0 aromatic rings. The van der Waals surface area contributed by atoms with E-state index in [4.69, 9.17) is 14.2 Å². The highest BCUT2D eigenvalue weighted by molar-refractivity contribution is 5.68. The quantitative estimate of drug-likeness (QED) is 0.623. The van der Waals surface area contributed by atoms with Crippen LogP contribution < -0.4 is 0 Å². The van der Waals surface area contributed by atoms with Gasteiger partial charge in [0.15, 0.2) is 0 Å². The molecule has 2 fully saturated rings. The standard InChI is InChI=1S/C19H36N2O5/c1-19(2,3)26-18(23)21-9-7-20(8-10-21)6-4-11-24-12-5-13-25-17-14-16(22)15-17/h16-17,22H,4-15H2,1-3H3/t16-,17-. The highest BCUT2D eigenvalue weighted by Gasteiger charge is 2.27. The van der Waals surface area contributed by atoms with E-state index in [9.17, 15) is 9.90 Å². The Labute approximate surface area is 157 Å². The molecule has 0 radical (unpaired) electrons. The molecule has 26 heavy (non-hydrogen) atoms. The van der Waals surface area contributed by atoms with Gasteiger partial charge >= 0.3 is 6.09 Å². The van der Waals surface area contributed by atoms with E-state index >= 15 is 0 Å². The van der Waals surface area contributed by atoms with Crippen LogP contribution in [0.5, 0.6) is 0 Å². The zero-order valence-corrected chi connectivity index (χ0v) is 16.6. The fourth-order valence-corrected chi connectivity index (χ4v) is 3.06. The molecule has 0 aromatic heterocycles. The van der Waals surface area contributed by atoms with Crippen LogP contribution in [-0.2, 0) is 14.2 Å². The summed E-state index contributed by atoms with van der Waals surface area (Å²) in [5.74, 6) is 0. The van der Waals surface area contributed by atoms with Crippen molar-refractivity contribution in [2.24, 2.45) is 0 Å². The number of hydrogen-bond acceptors (Lipinski definition) is 6. The Morgan fingerprint density at radius 3 is 2.31 bits per heavy atom. The molecule has 1 saturated heterocycles. The summed E-state index contributed by atoms with van der Waals surface area (Å²) in [5.41, 5.74) is -0.435. The molecule has 152 valence electrons. The van der Waals surface area contributed by atoms with Crippen LogP contribution in [0.4, 0.5) is 4.79 Å². The molecule has 7 heteroatoms. The van der Waals surface area contributed by atoms with E-state index in [1.807, 2.05) is 20.8 Å². The Kier molecular flexibility index (Phi) is 8.60. The summed E-state index contributed by atoms with van der Waals surface area (Å²) in [6.45, 7) is 12.1. The van der Waals surface area contributed by atoms with Gasteiger partial charge in [0, 0.05) is 52.5 Å². The first-order valence-electron chi connectivity index (χ1n) is 9.91. The second-order valence-electron chi connectivity index (χ2n) is 8.25. The monoisotopic (exact) mass is 372 g/mol. The lowest BCUT2D eigenvalue weighted by Gasteiger charge is -2.35. The number of rotatable bonds is 9. The molecule has 0 atom stereocenters. The van der Waals surface area contributed by atoms with E-state index < -0.39 is 5.60 Å². The Morgan fingerprint density at radius 1 is 1.04 bits per heavy atom. The van der Waals surface area contributed by atoms with Gasteiger partial charge in [-0.2, -0.15) is 0 Å². The maximum atomic E-state index is 12.0. The predicted molar refractivity (Wildman–Crippen MR) is 99.3 cm³/mol. The first kappa shape index (κ1) is 21.4. The van der Waals surface area contributed by atoms with Crippen molar-refractivity contribution in [2.45, 2.75) is 64.3 Å². The third-order valence-electron chi connectivity index (χ3n) is 4.64. The SMILES string of the molecule is CC(C)(C)OC(=O)N1CCN(CCCOCCCO[C@H]2C[C@H](O)C2)CC1. The minimum atomic E-state index is -0.435. The van der Waals surface area contributed by atoms with E-state index in [1.165, 1.54) is 0 Å². The Bertz CT molecular complexity index is 413. The normalized spacial score (nSPS) is 24.4. The number of hydrogen-bond donors (Lipinski definition) is 1. The number of nitrogens with zero attached hydrogens (tertiary/aromatic N) is 2. The maximum Gasteiger partial charge on any atom is 0.410 e. The summed E-state index contributed by atoms with van der Waals surface area (Å²) in [4.78, 5) is 16.2. The van der Waals surface area contributed by atoms with Crippen molar-refractivity contribution < 1.29 is 24.1 Å². The first-order valence-corrected chi connectivity index (χ1v) is 9.91. The van der Waals surface area contributed by atoms with Crippen molar-refractivity contribution in [3.05, 3.63) is 0 Å². The van der Waals surface area contributed by atoms with Crippen LogP contribution in [0.25, 0.3) is 0 Å². The minimum absolute atomic E-state index is 0.151. The van der Waals surface area contributed by atoms with Gasteiger partial charge < -0.3 is 24.2 Å². The van der Waals surface area contributed by atoms with Crippen LogP contribution in [-0.4, -0.2) is 91.4 Å². The Hall–Kier alpha value is -0.890. The first-order chi connectivity index (χ1) is 12.3. The van der Waals surface area contributed by atoms with Crippen molar-refractivity contribution in [3.63, 3.8) is 0 Å². The number of aliphatic hydroxyl groups excluding tert-OH is 1. The fourth-order valence-electron chi connectivity index (χ4n) is 3.06. The van der Waals surface area contributed by atoms with Gasteiger partial charge in [-0.15, -0.1) is 0 Å². The number of amides is 1. The number of carbonyl (C=O) groups excluding carboxylic acids is 1. The van der Waals surface area contributed by atoms with Gasteiger partial charge in [-0.25, -0.2) is 4.79 Å². The summed E-state index contributed by atoms with van der Waals surface area (Å²) < 4.78 is 16.7. The molecule has 0 spiro atoms. The van der Waals surface area contributed by atoms with Crippen LogP contribution in [0.3, 0.4) is 0 Å². The van der Waals surface area contributed by atoms with Crippen molar-refractivity contribution >= 4 is 6.09 Å². The Balaban J connectivity index is 1.41. The lowest BCUT2D eigenvalue weighted by molar-refractivity contribution is -0.0744. The van der Waals surface area contributed by atoms with Crippen molar-refractivity contribution in [2.75, 3.05) is 52.5 Å². The lowest BCUT2D eigenvalue weighted by atomic mass is 9.92. The number of carbonyl (C=O) groups is 1. The molecule has 1 aliphatic carbocycles. The summed E-state index contributed by atoms with van der Waals surface area (Å²) in [5, 5.41) is 9.18. The lowest BCUT2D eigenvalue weighted by Crippen LogP contribution is -2.50. The molecule has 1 amide bonds. The molecule has 1 N–H and O–H groups in total. The van der Waals surface area contributed by atoms with Crippen molar-refractivity contribution in [1.29, 1.82) is 0 Å². The minimum Gasteiger partial charge on any atom is -0.444 e. The highest BCUT2D eigenvalue weighted by atomic mass is 16.6. The van der Waals surface area contributed by atoms with Crippen LogP contribution in [0, 0.1) is 0 Å². The van der Waals surface area contributed by atoms with E-state index in [0.29, 0.717) is 6.61 Å². The molecular formula is C19H36N2O5.